The van der Waals surface area contributed by atoms with Crippen LogP contribution in [0.25, 0.3) is 5.82 Å². The Kier molecular flexibility index (Phi) is 5.01. The first-order chi connectivity index (χ1) is 14.2. The summed E-state index contributed by atoms with van der Waals surface area (Å²) in [5.41, 5.74) is 1.02. The van der Waals surface area contributed by atoms with Crippen LogP contribution in [0.1, 0.15) is 46.0 Å². The Morgan fingerprint density at radius 3 is 2.63 bits per heavy atom. The van der Waals surface area contributed by atoms with Crippen molar-refractivity contribution in [3.63, 3.8) is 0 Å². The Hall–Kier alpha value is -2.94. The fraction of sp³-hybridized carbons (Fsp3) is 0.300. The van der Waals surface area contributed by atoms with Crippen LogP contribution in [0.5, 0.6) is 0 Å². The van der Waals surface area contributed by atoms with E-state index < -0.39 is 28.7 Å². The van der Waals surface area contributed by atoms with Gasteiger partial charge in [-0.1, -0.05) is 28.9 Å². The summed E-state index contributed by atoms with van der Waals surface area (Å²) in [6.45, 7) is 3.92. The average Bonchev–Trinajstić information content (AvgIpc) is 3.12. The van der Waals surface area contributed by atoms with Crippen LogP contribution in [0.4, 0.5) is 13.2 Å². The summed E-state index contributed by atoms with van der Waals surface area (Å²) in [4.78, 5) is 19.0. The van der Waals surface area contributed by atoms with E-state index in [9.17, 15) is 18.0 Å². The summed E-state index contributed by atoms with van der Waals surface area (Å²) in [6, 6.07) is 8.41. The first kappa shape index (κ1) is 20.3. The van der Waals surface area contributed by atoms with Crippen LogP contribution < -0.4 is 0 Å². The molecule has 1 aliphatic rings. The molecule has 1 amide bonds. The van der Waals surface area contributed by atoms with Crippen molar-refractivity contribution in [1.82, 2.24) is 24.9 Å². The van der Waals surface area contributed by atoms with Crippen molar-refractivity contribution in [3.8, 4) is 5.82 Å². The zero-order chi connectivity index (χ0) is 21.6. The van der Waals surface area contributed by atoms with E-state index >= 15 is 0 Å². The zero-order valence-electron chi connectivity index (χ0n) is 16.1. The van der Waals surface area contributed by atoms with Gasteiger partial charge in [-0.25, -0.2) is 4.98 Å². The van der Waals surface area contributed by atoms with Gasteiger partial charge < -0.3 is 4.90 Å². The number of carbonyl (C=O) groups excluding carboxylic acids is 1. The van der Waals surface area contributed by atoms with Crippen molar-refractivity contribution >= 4 is 17.5 Å². The lowest BCUT2D eigenvalue weighted by molar-refractivity contribution is -0.137. The van der Waals surface area contributed by atoms with Gasteiger partial charge in [0.05, 0.1) is 27.9 Å². The van der Waals surface area contributed by atoms with Gasteiger partial charge >= 0.3 is 6.18 Å². The number of hydrogen-bond donors (Lipinski definition) is 0. The molecular formula is C20H17ClF3N5O. The van der Waals surface area contributed by atoms with Gasteiger partial charge in [-0.15, -0.1) is 5.10 Å². The van der Waals surface area contributed by atoms with Crippen LogP contribution in [0.15, 0.2) is 36.4 Å². The highest BCUT2D eigenvalue weighted by molar-refractivity contribution is 6.34. The van der Waals surface area contributed by atoms with Crippen molar-refractivity contribution in [3.05, 3.63) is 69.6 Å². The maximum Gasteiger partial charge on any atom is 0.417 e. The Bertz CT molecular complexity index is 1130. The number of rotatable bonds is 2. The fourth-order valence-corrected chi connectivity index (χ4v) is 3.93. The van der Waals surface area contributed by atoms with Crippen LogP contribution in [0, 0.1) is 6.92 Å². The van der Waals surface area contributed by atoms with Gasteiger partial charge in [0.2, 0.25) is 0 Å². The van der Waals surface area contributed by atoms with Crippen LogP contribution >= 0.6 is 11.6 Å². The van der Waals surface area contributed by atoms with E-state index in [0.29, 0.717) is 24.5 Å². The first-order valence-electron chi connectivity index (χ1n) is 9.23. The van der Waals surface area contributed by atoms with Crippen molar-refractivity contribution in [2.45, 2.75) is 32.5 Å². The van der Waals surface area contributed by atoms with E-state index in [2.05, 4.69) is 15.3 Å². The van der Waals surface area contributed by atoms with Crippen molar-refractivity contribution in [2.75, 3.05) is 6.54 Å². The third kappa shape index (κ3) is 3.43. The van der Waals surface area contributed by atoms with Crippen LogP contribution in [-0.4, -0.2) is 37.3 Å². The number of fused-ring (bicyclic) bond motifs is 1. The van der Waals surface area contributed by atoms with Crippen molar-refractivity contribution in [1.29, 1.82) is 0 Å². The first-order valence-corrected chi connectivity index (χ1v) is 9.61. The molecular weight excluding hydrogens is 419 g/mol. The molecule has 0 saturated heterocycles. The number of alkyl halides is 3. The van der Waals surface area contributed by atoms with Crippen molar-refractivity contribution in [2.24, 2.45) is 0 Å². The number of amides is 1. The maximum atomic E-state index is 13.2. The minimum absolute atomic E-state index is 0.186. The highest BCUT2D eigenvalue weighted by atomic mass is 35.5. The molecule has 4 rings (SSSR count). The van der Waals surface area contributed by atoms with E-state index in [1.165, 1.54) is 17.0 Å². The molecule has 0 unspecified atom stereocenters. The Balaban J connectivity index is 1.67. The van der Waals surface area contributed by atoms with Gasteiger partial charge in [-0.05, 0) is 38.1 Å². The number of aryl methyl sites for hydroxylation is 1. The van der Waals surface area contributed by atoms with Crippen LogP contribution in [0.3, 0.4) is 0 Å². The molecule has 0 N–H and O–H groups in total. The summed E-state index contributed by atoms with van der Waals surface area (Å²) in [6.07, 6.45) is -4.21. The number of nitrogens with zero attached hydrogens (tertiary/aromatic N) is 5. The Morgan fingerprint density at radius 1 is 1.20 bits per heavy atom. The summed E-state index contributed by atoms with van der Waals surface area (Å²) < 4.78 is 41.1. The van der Waals surface area contributed by atoms with Gasteiger partial charge in [-0.2, -0.15) is 17.9 Å². The van der Waals surface area contributed by atoms with E-state index in [0.717, 1.165) is 17.5 Å². The summed E-state index contributed by atoms with van der Waals surface area (Å²) in [5, 5.41) is 7.80. The number of pyridine rings is 1. The van der Waals surface area contributed by atoms with Gasteiger partial charge in [0, 0.05) is 18.7 Å². The average molecular weight is 436 g/mol. The molecule has 1 aliphatic heterocycles. The number of carbonyl (C=O) groups is 1. The predicted octanol–water partition coefficient (Wildman–Crippen LogP) is 4.40. The molecule has 156 valence electrons. The largest absolute Gasteiger partial charge is 0.417 e. The lowest BCUT2D eigenvalue weighted by Gasteiger charge is -2.33. The third-order valence-electron chi connectivity index (χ3n) is 5.13. The second-order valence-corrected chi connectivity index (χ2v) is 7.44. The van der Waals surface area contributed by atoms with Crippen LogP contribution in [0.2, 0.25) is 5.02 Å². The van der Waals surface area contributed by atoms with E-state index in [4.69, 9.17) is 11.6 Å². The predicted molar refractivity (Wildman–Crippen MR) is 104 cm³/mol. The highest BCUT2D eigenvalue weighted by Gasteiger charge is 2.37. The normalized spacial score (nSPS) is 16.5. The molecule has 1 aromatic carbocycles. The Labute approximate surface area is 175 Å². The fourth-order valence-electron chi connectivity index (χ4n) is 3.62. The number of aromatic nitrogens is 4. The molecule has 3 aromatic rings. The molecule has 0 aliphatic carbocycles. The maximum absolute atomic E-state index is 13.2. The monoisotopic (exact) mass is 435 g/mol. The molecule has 0 spiro atoms. The smallest absolute Gasteiger partial charge is 0.330 e. The van der Waals surface area contributed by atoms with Crippen LogP contribution in [-0.2, 0) is 12.6 Å². The summed E-state index contributed by atoms with van der Waals surface area (Å²) >= 11 is 5.95. The second kappa shape index (κ2) is 7.39. The summed E-state index contributed by atoms with van der Waals surface area (Å²) in [5.74, 6) is 0.0455. The Morgan fingerprint density at radius 2 is 1.93 bits per heavy atom. The van der Waals surface area contributed by atoms with E-state index in [1.807, 2.05) is 25.1 Å². The molecule has 0 saturated carbocycles. The number of halogens is 4. The molecule has 3 heterocycles. The molecule has 6 nitrogen and oxygen atoms in total. The molecule has 2 aromatic heterocycles. The third-order valence-corrected chi connectivity index (χ3v) is 5.54. The van der Waals surface area contributed by atoms with Gasteiger partial charge in [0.15, 0.2) is 5.82 Å². The van der Waals surface area contributed by atoms with E-state index in [1.54, 1.807) is 11.6 Å². The number of hydrogen-bond acceptors (Lipinski definition) is 4. The molecule has 0 bridgehead atoms. The molecule has 10 heteroatoms. The summed E-state index contributed by atoms with van der Waals surface area (Å²) in [7, 11) is 0. The zero-order valence-corrected chi connectivity index (χ0v) is 16.9. The standard InChI is InChI=1S/C20H17ClF3N5O/c1-11-5-3-8-16(25-11)29-15-9-10-28(12(2)18(15)26-27-29)19(30)13-6-4-7-14(17(13)21)20(22,23)24/h3-8,12H,9-10H2,1-2H3/t12-/m1/s1. The van der Waals surface area contributed by atoms with Crippen molar-refractivity contribution < 1.29 is 18.0 Å². The quantitative estimate of drug-likeness (QED) is 0.598. The molecule has 0 radical (unpaired) electrons. The van der Waals surface area contributed by atoms with Gasteiger partial charge in [0.25, 0.3) is 5.91 Å². The highest BCUT2D eigenvalue weighted by Crippen LogP contribution is 2.38. The molecule has 30 heavy (non-hydrogen) atoms. The van der Waals surface area contributed by atoms with Gasteiger partial charge in [-0.3, -0.25) is 4.79 Å². The second-order valence-electron chi connectivity index (χ2n) is 7.06. The molecule has 1 atom stereocenters. The minimum atomic E-state index is -4.64. The van der Waals surface area contributed by atoms with E-state index in [-0.39, 0.29) is 5.56 Å². The molecule has 0 fully saturated rings. The topological polar surface area (TPSA) is 63.9 Å². The SMILES string of the molecule is Cc1cccc(-n2nnc3c2CCN(C(=O)c2cccc(C(F)(F)F)c2Cl)[C@@H]3C)n1. The minimum Gasteiger partial charge on any atom is -0.330 e. The lowest BCUT2D eigenvalue weighted by Crippen LogP contribution is -2.39. The van der Waals surface area contributed by atoms with Gasteiger partial charge in [0.1, 0.15) is 5.69 Å². The lowest BCUT2D eigenvalue weighted by atomic mass is 10.0. The number of benzene rings is 1.